The molecule has 5 nitrogen and oxygen atoms in total. The number of morpholine rings is 1. The molecule has 0 radical (unpaired) electrons. The number of nitrogens with one attached hydrogen (secondary N) is 1. The quantitative estimate of drug-likeness (QED) is 0.940. The van der Waals surface area contributed by atoms with Crippen molar-refractivity contribution in [1.29, 1.82) is 0 Å². The van der Waals surface area contributed by atoms with Crippen LogP contribution in [0, 0.1) is 13.8 Å². The smallest absolute Gasteiger partial charge is 0.149 e. The van der Waals surface area contributed by atoms with Gasteiger partial charge in [0.2, 0.25) is 0 Å². The van der Waals surface area contributed by atoms with Gasteiger partial charge in [0.25, 0.3) is 0 Å². The summed E-state index contributed by atoms with van der Waals surface area (Å²) >= 11 is 0. The zero-order valence-corrected chi connectivity index (χ0v) is 13.2. The maximum atomic E-state index is 5.44. The third-order valence-corrected chi connectivity index (χ3v) is 4.03. The number of rotatable bonds is 4. The number of ether oxygens (including phenoxy) is 1. The van der Waals surface area contributed by atoms with Crippen LogP contribution in [-0.4, -0.2) is 36.5 Å². The number of anilines is 2. The lowest BCUT2D eigenvalue weighted by molar-refractivity contribution is 0.122. The Bertz CT molecular complexity index is 638. The minimum absolute atomic E-state index is 0.741. The number of aromatic nitrogens is 2. The predicted octanol–water partition coefficient (Wildman–Crippen LogP) is 2.54. The molecule has 0 unspecified atom stereocenters. The molecule has 116 valence electrons. The molecule has 2 heterocycles. The van der Waals surface area contributed by atoms with Gasteiger partial charge < -0.3 is 15.0 Å². The number of aryl methyl sites for hydroxylation is 2. The van der Waals surface area contributed by atoms with Gasteiger partial charge in [-0.2, -0.15) is 5.10 Å². The fourth-order valence-corrected chi connectivity index (χ4v) is 2.59. The van der Waals surface area contributed by atoms with E-state index in [4.69, 9.17) is 4.74 Å². The first-order chi connectivity index (χ1) is 10.7. The van der Waals surface area contributed by atoms with Crippen molar-refractivity contribution >= 4 is 11.5 Å². The summed E-state index contributed by atoms with van der Waals surface area (Å²) in [7, 11) is 0. The Balaban J connectivity index is 1.73. The molecule has 0 saturated carbocycles. The normalized spacial score (nSPS) is 14.9. The van der Waals surface area contributed by atoms with E-state index >= 15 is 0 Å². The third-order valence-electron chi connectivity index (χ3n) is 4.03. The molecule has 0 amide bonds. The summed E-state index contributed by atoms with van der Waals surface area (Å²) in [4.78, 5) is 2.38. The van der Waals surface area contributed by atoms with Crippen LogP contribution in [0.5, 0.6) is 0 Å². The number of nitrogens with zero attached hydrogens (tertiary/aromatic N) is 3. The Morgan fingerprint density at radius 2 is 1.91 bits per heavy atom. The van der Waals surface area contributed by atoms with Crippen molar-refractivity contribution in [1.82, 2.24) is 10.2 Å². The predicted molar refractivity (Wildman–Crippen MR) is 88.3 cm³/mol. The molecule has 0 bridgehead atoms. The molecule has 0 atom stereocenters. The SMILES string of the molecule is Cc1cc(NCc2ccccc2N2CCOCC2)nnc1C. The lowest BCUT2D eigenvalue weighted by atomic mass is 10.1. The first kappa shape index (κ1) is 14.8. The van der Waals surface area contributed by atoms with Gasteiger partial charge in [0.05, 0.1) is 18.9 Å². The fraction of sp³-hybridized carbons (Fsp3) is 0.412. The van der Waals surface area contributed by atoms with Crippen LogP contribution in [0.3, 0.4) is 0 Å². The van der Waals surface area contributed by atoms with Crippen LogP contribution in [-0.2, 0) is 11.3 Å². The molecule has 1 aliphatic heterocycles. The largest absolute Gasteiger partial charge is 0.378 e. The molecule has 1 aromatic heterocycles. The molecule has 5 heteroatoms. The molecule has 1 N–H and O–H groups in total. The zero-order chi connectivity index (χ0) is 15.4. The maximum Gasteiger partial charge on any atom is 0.149 e. The highest BCUT2D eigenvalue weighted by Crippen LogP contribution is 2.22. The van der Waals surface area contributed by atoms with Crippen molar-refractivity contribution in [3.8, 4) is 0 Å². The second-order valence-corrected chi connectivity index (χ2v) is 5.58. The van der Waals surface area contributed by atoms with Crippen LogP contribution in [0.15, 0.2) is 30.3 Å². The second-order valence-electron chi connectivity index (χ2n) is 5.58. The molecule has 0 aliphatic carbocycles. The van der Waals surface area contributed by atoms with Gasteiger partial charge in [-0.3, -0.25) is 0 Å². The van der Waals surface area contributed by atoms with Gasteiger partial charge in [0.15, 0.2) is 0 Å². The van der Waals surface area contributed by atoms with E-state index in [0.29, 0.717) is 0 Å². The van der Waals surface area contributed by atoms with E-state index in [1.54, 1.807) is 0 Å². The van der Waals surface area contributed by atoms with Crippen LogP contribution in [0.2, 0.25) is 0 Å². The van der Waals surface area contributed by atoms with Gasteiger partial charge >= 0.3 is 0 Å². The van der Waals surface area contributed by atoms with Gasteiger partial charge in [-0.05, 0) is 37.1 Å². The Labute approximate surface area is 131 Å². The van der Waals surface area contributed by atoms with E-state index in [9.17, 15) is 0 Å². The van der Waals surface area contributed by atoms with E-state index < -0.39 is 0 Å². The van der Waals surface area contributed by atoms with E-state index in [1.165, 1.54) is 11.3 Å². The summed E-state index contributed by atoms with van der Waals surface area (Å²) in [5, 5.41) is 11.7. The molecule has 1 saturated heterocycles. The lowest BCUT2D eigenvalue weighted by Gasteiger charge is -2.30. The highest BCUT2D eigenvalue weighted by Gasteiger charge is 2.14. The van der Waals surface area contributed by atoms with Crippen molar-refractivity contribution in [2.45, 2.75) is 20.4 Å². The lowest BCUT2D eigenvalue weighted by Crippen LogP contribution is -2.36. The average molecular weight is 298 g/mol. The van der Waals surface area contributed by atoms with E-state index in [1.807, 2.05) is 13.0 Å². The van der Waals surface area contributed by atoms with Gasteiger partial charge in [-0.25, -0.2) is 0 Å². The number of benzene rings is 1. The topological polar surface area (TPSA) is 50.3 Å². The van der Waals surface area contributed by atoms with Crippen LogP contribution < -0.4 is 10.2 Å². The van der Waals surface area contributed by atoms with Gasteiger partial charge in [-0.15, -0.1) is 5.10 Å². The molecule has 2 aromatic rings. The average Bonchev–Trinajstić information content (AvgIpc) is 2.57. The Morgan fingerprint density at radius 1 is 1.14 bits per heavy atom. The molecule has 22 heavy (non-hydrogen) atoms. The summed E-state index contributed by atoms with van der Waals surface area (Å²) < 4.78 is 5.44. The van der Waals surface area contributed by atoms with E-state index in [0.717, 1.165) is 49.9 Å². The molecule has 0 spiro atoms. The molecular formula is C17H22N4O. The van der Waals surface area contributed by atoms with Crippen LogP contribution in [0.4, 0.5) is 11.5 Å². The van der Waals surface area contributed by atoms with E-state index in [2.05, 4.69) is 51.6 Å². The summed E-state index contributed by atoms with van der Waals surface area (Å²) in [6.07, 6.45) is 0. The first-order valence-electron chi connectivity index (χ1n) is 7.69. The summed E-state index contributed by atoms with van der Waals surface area (Å²) in [6.45, 7) is 8.25. The molecule has 1 aromatic carbocycles. The van der Waals surface area contributed by atoms with Gasteiger partial charge in [0.1, 0.15) is 5.82 Å². The third kappa shape index (κ3) is 3.36. The van der Waals surface area contributed by atoms with E-state index in [-0.39, 0.29) is 0 Å². The summed E-state index contributed by atoms with van der Waals surface area (Å²) in [5.41, 5.74) is 4.66. The highest BCUT2D eigenvalue weighted by atomic mass is 16.5. The van der Waals surface area contributed by atoms with Crippen molar-refractivity contribution in [2.24, 2.45) is 0 Å². The molecule has 1 fully saturated rings. The highest BCUT2D eigenvalue weighted by molar-refractivity contribution is 5.55. The standard InChI is InChI=1S/C17H22N4O/c1-13-11-17(20-19-14(13)2)18-12-15-5-3-4-6-16(15)21-7-9-22-10-8-21/h3-6,11H,7-10,12H2,1-2H3,(H,18,20). The second kappa shape index (κ2) is 6.75. The number of para-hydroxylation sites is 1. The van der Waals surface area contributed by atoms with Crippen molar-refractivity contribution in [3.05, 3.63) is 47.2 Å². The minimum atomic E-state index is 0.741. The van der Waals surface area contributed by atoms with Crippen molar-refractivity contribution < 1.29 is 4.74 Å². The molecule has 1 aliphatic rings. The van der Waals surface area contributed by atoms with Crippen molar-refractivity contribution in [3.63, 3.8) is 0 Å². The van der Waals surface area contributed by atoms with Gasteiger partial charge in [0, 0.05) is 25.3 Å². The summed E-state index contributed by atoms with van der Waals surface area (Å²) in [5.74, 6) is 0.819. The van der Waals surface area contributed by atoms with Gasteiger partial charge in [-0.1, -0.05) is 18.2 Å². The number of hydrogen-bond acceptors (Lipinski definition) is 5. The minimum Gasteiger partial charge on any atom is -0.378 e. The van der Waals surface area contributed by atoms with Crippen LogP contribution >= 0.6 is 0 Å². The van der Waals surface area contributed by atoms with Crippen LogP contribution in [0.25, 0.3) is 0 Å². The fourth-order valence-electron chi connectivity index (χ4n) is 2.59. The van der Waals surface area contributed by atoms with Crippen molar-refractivity contribution in [2.75, 3.05) is 36.5 Å². The number of hydrogen-bond donors (Lipinski definition) is 1. The molecule has 3 rings (SSSR count). The van der Waals surface area contributed by atoms with Crippen LogP contribution in [0.1, 0.15) is 16.8 Å². The maximum absolute atomic E-state index is 5.44. The first-order valence-corrected chi connectivity index (χ1v) is 7.69. The Kier molecular flexibility index (Phi) is 4.53. The Hall–Kier alpha value is -2.14. The monoisotopic (exact) mass is 298 g/mol. The molecular weight excluding hydrogens is 276 g/mol. The zero-order valence-electron chi connectivity index (χ0n) is 13.2. The Morgan fingerprint density at radius 3 is 2.68 bits per heavy atom. The summed E-state index contributed by atoms with van der Waals surface area (Å²) in [6, 6.07) is 10.5.